The van der Waals surface area contributed by atoms with E-state index in [9.17, 15) is 4.79 Å². The average Bonchev–Trinajstić information content (AvgIpc) is 3.17. The fourth-order valence-corrected chi connectivity index (χ4v) is 3.33. The summed E-state index contributed by atoms with van der Waals surface area (Å²) in [5.41, 5.74) is 1.08. The monoisotopic (exact) mass is 338 g/mol. The third-order valence-corrected chi connectivity index (χ3v) is 4.55. The van der Waals surface area contributed by atoms with Crippen LogP contribution < -0.4 is 10.1 Å². The van der Waals surface area contributed by atoms with Crippen molar-refractivity contribution in [2.24, 2.45) is 0 Å². The highest BCUT2D eigenvalue weighted by atomic mass is 16.5. The fourth-order valence-electron chi connectivity index (χ4n) is 3.33. The molecule has 2 heterocycles. The number of benzene rings is 1. The number of rotatable bonds is 6. The van der Waals surface area contributed by atoms with Crippen LogP contribution in [-0.2, 0) is 15.1 Å². The second-order valence-electron chi connectivity index (χ2n) is 5.97. The van der Waals surface area contributed by atoms with E-state index < -0.39 is 11.6 Å². The normalized spacial score (nSPS) is 20.7. The standard InChI is InChI=1S/C20H22N2O3/c1-3-18(23)22-19(17-7-4-5-13-21-17)20(12-6-14-25-20)15-8-10-16(24-2)11-9-15/h3-5,7-11,13,19H,1,6,12,14H2,2H3,(H,22,23). The predicted molar refractivity (Wildman–Crippen MR) is 95.2 cm³/mol. The first-order valence-electron chi connectivity index (χ1n) is 8.32. The zero-order valence-corrected chi connectivity index (χ0v) is 14.3. The molecule has 1 aliphatic heterocycles. The quantitative estimate of drug-likeness (QED) is 0.822. The van der Waals surface area contributed by atoms with Gasteiger partial charge in [0, 0.05) is 12.8 Å². The first kappa shape index (κ1) is 17.2. The van der Waals surface area contributed by atoms with Crippen LogP contribution in [0.5, 0.6) is 5.75 Å². The second-order valence-corrected chi connectivity index (χ2v) is 5.97. The van der Waals surface area contributed by atoms with E-state index in [4.69, 9.17) is 9.47 Å². The van der Waals surface area contributed by atoms with E-state index in [0.29, 0.717) is 6.61 Å². The Morgan fingerprint density at radius 1 is 1.36 bits per heavy atom. The number of carbonyl (C=O) groups excluding carboxylic acids is 1. The van der Waals surface area contributed by atoms with Gasteiger partial charge in [0.2, 0.25) is 5.91 Å². The minimum Gasteiger partial charge on any atom is -0.497 e. The SMILES string of the molecule is C=CC(=O)NC(c1ccccn1)C1(c2ccc(OC)cc2)CCCO1. The third-order valence-electron chi connectivity index (χ3n) is 4.55. The van der Waals surface area contributed by atoms with E-state index in [0.717, 1.165) is 29.8 Å². The molecule has 0 radical (unpaired) electrons. The zero-order chi connectivity index (χ0) is 17.7. The van der Waals surface area contributed by atoms with Crippen LogP contribution in [0, 0.1) is 0 Å². The Balaban J connectivity index is 2.07. The van der Waals surface area contributed by atoms with Gasteiger partial charge in [-0.1, -0.05) is 24.8 Å². The molecule has 1 saturated heterocycles. The molecule has 25 heavy (non-hydrogen) atoms. The molecule has 0 aliphatic carbocycles. The van der Waals surface area contributed by atoms with Gasteiger partial charge in [0.25, 0.3) is 0 Å². The highest BCUT2D eigenvalue weighted by Crippen LogP contribution is 2.46. The van der Waals surface area contributed by atoms with Gasteiger partial charge in [0.05, 0.1) is 12.8 Å². The lowest BCUT2D eigenvalue weighted by atomic mass is 9.81. The summed E-state index contributed by atoms with van der Waals surface area (Å²) in [4.78, 5) is 16.6. The lowest BCUT2D eigenvalue weighted by Gasteiger charge is -2.37. The summed E-state index contributed by atoms with van der Waals surface area (Å²) in [5.74, 6) is 0.528. The van der Waals surface area contributed by atoms with Crippen molar-refractivity contribution in [1.82, 2.24) is 10.3 Å². The minimum atomic E-state index is -0.667. The third kappa shape index (κ3) is 3.42. The average molecular weight is 338 g/mol. The number of ether oxygens (including phenoxy) is 2. The molecule has 5 nitrogen and oxygen atoms in total. The minimum absolute atomic E-state index is 0.251. The summed E-state index contributed by atoms with van der Waals surface area (Å²) in [6.45, 7) is 4.20. The molecule has 130 valence electrons. The molecule has 1 amide bonds. The number of carbonyl (C=O) groups is 1. The van der Waals surface area contributed by atoms with Crippen molar-refractivity contribution in [2.45, 2.75) is 24.5 Å². The summed E-state index contributed by atoms with van der Waals surface area (Å²) >= 11 is 0. The Morgan fingerprint density at radius 3 is 2.72 bits per heavy atom. The van der Waals surface area contributed by atoms with Gasteiger partial charge >= 0.3 is 0 Å². The smallest absolute Gasteiger partial charge is 0.244 e. The highest BCUT2D eigenvalue weighted by molar-refractivity contribution is 5.87. The van der Waals surface area contributed by atoms with E-state index in [1.807, 2.05) is 42.5 Å². The lowest BCUT2D eigenvalue weighted by Crippen LogP contribution is -2.43. The fraction of sp³-hybridized carbons (Fsp3) is 0.300. The van der Waals surface area contributed by atoms with Gasteiger partial charge in [-0.2, -0.15) is 0 Å². The van der Waals surface area contributed by atoms with E-state index in [1.54, 1.807) is 13.3 Å². The number of methoxy groups -OCH3 is 1. The molecule has 0 saturated carbocycles. The maximum absolute atomic E-state index is 12.1. The maximum atomic E-state index is 12.1. The van der Waals surface area contributed by atoms with Gasteiger partial charge in [-0.25, -0.2) is 0 Å². The summed E-state index contributed by atoms with van der Waals surface area (Å²) in [5, 5.41) is 3.02. The molecule has 2 aromatic rings. The molecular formula is C20H22N2O3. The highest BCUT2D eigenvalue weighted by Gasteiger charge is 2.46. The van der Waals surface area contributed by atoms with Crippen molar-refractivity contribution in [3.05, 3.63) is 72.6 Å². The Labute approximate surface area is 147 Å². The zero-order valence-electron chi connectivity index (χ0n) is 14.3. The maximum Gasteiger partial charge on any atom is 0.244 e. The van der Waals surface area contributed by atoms with Gasteiger partial charge in [-0.05, 0) is 48.7 Å². The number of hydrogen-bond donors (Lipinski definition) is 1. The number of hydrogen-bond acceptors (Lipinski definition) is 4. The first-order valence-corrected chi connectivity index (χ1v) is 8.32. The van der Waals surface area contributed by atoms with Crippen molar-refractivity contribution in [1.29, 1.82) is 0 Å². The molecule has 1 N–H and O–H groups in total. The van der Waals surface area contributed by atoms with Gasteiger partial charge in [-0.3, -0.25) is 9.78 Å². The number of amides is 1. The molecule has 0 spiro atoms. The topological polar surface area (TPSA) is 60.5 Å². The number of nitrogens with zero attached hydrogens (tertiary/aromatic N) is 1. The molecule has 0 bridgehead atoms. The van der Waals surface area contributed by atoms with Gasteiger partial charge in [-0.15, -0.1) is 0 Å². The van der Waals surface area contributed by atoms with Crippen molar-refractivity contribution < 1.29 is 14.3 Å². The summed E-state index contributed by atoms with van der Waals surface area (Å²) in [6.07, 6.45) is 4.70. The Bertz CT molecular complexity index is 722. The van der Waals surface area contributed by atoms with Crippen LogP contribution in [0.2, 0.25) is 0 Å². The predicted octanol–water partition coefficient (Wildman–Crippen LogP) is 3.14. The van der Waals surface area contributed by atoms with Crippen LogP contribution in [-0.4, -0.2) is 24.6 Å². The number of aromatic nitrogens is 1. The van der Waals surface area contributed by atoms with E-state index in [1.165, 1.54) is 6.08 Å². The molecule has 1 aromatic heterocycles. The second kappa shape index (κ2) is 7.49. The Hall–Kier alpha value is -2.66. The summed E-state index contributed by atoms with van der Waals surface area (Å²) in [6, 6.07) is 13.0. The molecule has 1 fully saturated rings. The molecule has 2 atom stereocenters. The largest absolute Gasteiger partial charge is 0.497 e. The van der Waals surface area contributed by atoms with Crippen LogP contribution >= 0.6 is 0 Å². The van der Waals surface area contributed by atoms with Gasteiger partial charge in [0.15, 0.2) is 0 Å². The Kier molecular flexibility index (Phi) is 5.14. The summed E-state index contributed by atoms with van der Waals surface area (Å²) < 4.78 is 11.5. The summed E-state index contributed by atoms with van der Waals surface area (Å²) in [7, 11) is 1.64. The van der Waals surface area contributed by atoms with Crippen molar-refractivity contribution in [3.8, 4) is 5.75 Å². The van der Waals surface area contributed by atoms with Crippen LogP contribution in [0.15, 0.2) is 61.3 Å². The molecule has 1 aliphatic rings. The van der Waals surface area contributed by atoms with E-state index in [-0.39, 0.29) is 5.91 Å². The number of nitrogens with one attached hydrogen (secondary N) is 1. The molecule has 2 unspecified atom stereocenters. The Morgan fingerprint density at radius 2 is 2.16 bits per heavy atom. The van der Waals surface area contributed by atoms with E-state index in [2.05, 4.69) is 16.9 Å². The molecule has 5 heteroatoms. The van der Waals surface area contributed by atoms with Crippen molar-refractivity contribution in [2.75, 3.05) is 13.7 Å². The lowest BCUT2D eigenvalue weighted by molar-refractivity contribution is -0.120. The van der Waals surface area contributed by atoms with Crippen molar-refractivity contribution in [3.63, 3.8) is 0 Å². The van der Waals surface area contributed by atoms with Crippen LogP contribution in [0.1, 0.15) is 30.1 Å². The van der Waals surface area contributed by atoms with E-state index >= 15 is 0 Å². The van der Waals surface area contributed by atoms with Crippen LogP contribution in [0.4, 0.5) is 0 Å². The first-order chi connectivity index (χ1) is 12.2. The number of pyridine rings is 1. The van der Waals surface area contributed by atoms with Gasteiger partial charge < -0.3 is 14.8 Å². The van der Waals surface area contributed by atoms with Crippen LogP contribution in [0.25, 0.3) is 0 Å². The molecule has 1 aromatic carbocycles. The molecular weight excluding hydrogens is 316 g/mol. The van der Waals surface area contributed by atoms with Crippen LogP contribution in [0.3, 0.4) is 0 Å². The van der Waals surface area contributed by atoms with Gasteiger partial charge in [0.1, 0.15) is 17.4 Å². The molecule has 3 rings (SSSR count). The van der Waals surface area contributed by atoms with Crippen molar-refractivity contribution >= 4 is 5.91 Å².